The van der Waals surface area contributed by atoms with Crippen molar-refractivity contribution in [1.29, 1.82) is 0 Å². The fraction of sp³-hybridized carbons (Fsp3) is 0.171. The molecule has 0 fully saturated rings. The van der Waals surface area contributed by atoms with Gasteiger partial charge in [-0.25, -0.2) is 0 Å². The summed E-state index contributed by atoms with van der Waals surface area (Å²) in [5.41, 5.74) is 13.3. The molecule has 3 heteroatoms. The van der Waals surface area contributed by atoms with Crippen molar-refractivity contribution in [3.05, 3.63) is 156 Å². The van der Waals surface area contributed by atoms with Crippen molar-refractivity contribution >= 4 is 0 Å². The van der Waals surface area contributed by atoms with E-state index in [0.29, 0.717) is 0 Å². The third kappa shape index (κ3) is 6.22. The summed E-state index contributed by atoms with van der Waals surface area (Å²) in [6.45, 7) is 11.3. The summed E-state index contributed by atoms with van der Waals surface area (Å²) in [7, 11) is 0. The molecule has 0 saturated heterocycles. The second-order valence-corrected chi connectivity index (χ2v) is 12.6. The molecule has 0 bridgehead atoms. The fourth-order valence-corrected chi connectivity index (χ4v) is 5.95. The Hall–Kier alpha value is -4.17. The summed E-state index contributed by atoms with van der Waals surface area (Å²) in [6, 6.07) is 46.4. The first-order valence-corrected chi connectivity index (χ1v) is 14.8. The van der Waals surface area contributed by atoms with Gasteiger partial charge in [-0.2, -0.15) is 0 Å². The minimum absolute atomic E-state index is 0. The van der Waals surface area contributed by atoms with Crippen molar-refractivity contribution in [3.63, 3.8) is 0 Å². The average Bonchev–Trinajstić information content (AvgIpc) is 3.28. The fourth-order valence-electron chi connectivity index (χ4n) is 5.95. The zero-order valence-corrected chi connectivity index (χ0v) is 28.2. The van der Waals surface area contributed by atoms with Crippen LogP contribution in [0.2, 0.25) is 0 Å². The van der Waals surface area contributed by atoms with E-state index in [-0.39, 0.29) is 30.9 Å². The van der Waals surface area contributed by atoms with Crippen LogP contribution in [-0.4, -0.2) is 9.97 Å². The zero-order valence-electron chi connectivity index (χ0n) is 25.9. The number of pyridine rings is 2. The van der Waals surface area contributed by atoms with Crippen LogP contribution in [0.15, 0.2) is 128 Å². The third-order valence-corrected chi connectivity index (χ3v) is 8.24. The third-order valence-electron chi connectivity index (χ3n) is 8.24. The van der Waals surface area contributed by atoms with Crippen molar-refractivity contribution in [2.45, 2.75) is 45.4 Å². The van der Waals surface area contributed by atoms with Gasteiger partial charge in [-0.3, -0.25) is 0 Å². The second-order valence-electron chi connectivity index (χ2n) is 12.6. The predicted octanol–water partition coefficient (Wildman–Crippen LogP) is 10.4. The van der Waals surface area contributed by atoms with Crippen molar-refractivity contribution in [2.75, 3.05) is 0 Å². The Morgan fingerprint density at radius 3 is 2.07 bits per heavy atom. The number of hydrogen-bond acceptors (Lipinski definition) is 2. The molecule has 0 atom stereocenters. The van der Waals surface area contributed by atoms with E-state index in [1.807, 2.05) is 54.7 Å². The first-order valence-electron chi connectivity index (χ1n) is 14.8. The van der Waals surface area contributed by atoms with E-state index in [2.05, 4.69) is 118 Å². The number of nitrogens with zero attached hydrogens (tertiary/aromatic N) is 2. The molecule has 2 aromatic heterocycles. The topological polar surface area (TPSA) is 25.8 Å². The van der Waals surface area contributed by atoms with Gasteiger partial charge in [-0.05, 0) is 56.6 Å². The summed E-state index contributed by atoms with van der Waals surface area (Å²) in [5, 5.41) is 0. The smallest absolute Gasteiger partial charge is 0.0163 e. The van der Waals surface area contributed by atoms with E-state index in [4.69, 9.17) is 4.98 Å². The van der Waals surface area contributed by atoms with Gasteiger partial charge in [0.05, 0.1) is 0 Å². The monoisotopic (exact) mass is 749 g/mol. The van der Waals surface area contributed by atoms with Crippen LogP contribution in [-0.2, 0) is 30.9 Å². The molecule has 0 spiro atoms. The van der Waals surface area contributed by atoms with E-state index in [0.717, 1.165) is 22.5 Å². The van der Waals surface area contributed by atoms with E-state index >= 15 is 0 Å². The number of rotatable bonds is 3. The van der Waals surface area contributed by atoms with Gasteiger partial charge >= 0.3 is 0 Å². The molecule has 1 aliphatic carbocycles. The Labute approximate surface area is 275 Å². The number of benzene rings is 4. The molecule has 7 rings (SSSR count). The van der Waals surface area contributed by atoms with Gasteiger partial charge in [0.15, 0.2) is 0 Å². The Kier molecular flexibility index (Phi) is 9.11. The van der Waals surface area contributed by atoms with Crippen molar-refractivity contribution < 1.29 is 20.1 Å². The van der Waals surface area contributed by atoms with Gasteiger partial charge in [0.1, 0.15) is 0 Å². The van der Waals surface area contributed by atoms with Gasteiger partial charge in [-0.1, -0.05) is 113 Å². The SMILES string of the molecule is CC(C)(C)c1ccnc(-c2[c-]ccc3c2C(C)(C)c2ccccc2-3)c1.[Ir].[c-]1ccc(-c2ccccc2)cc1-c1ccccn1. The largest absolute Gasteiger partial charge is 0.305 e. The van der Waals surface area contributed by atoms with Crippen LogP contribution in [0.3, 0.4) is 0 Å². The van der Waals surface area contributed by atoms with Crippen LogP contribution in [0.4, 0.5) is 0 Å². The van der Waals surface area contributed by atoms with Crippen LogP contribution in [0, 0.1) is 12.1 Å². The summed E-state index contributed by atoms with van der Waals surface area (Å²) in [5.74, 6) is 0. The van der Waals surface area contributed by atoms with E-state index < -0.39 is 0 Å². The molecule has 221 valence electrons. The molecule has 2 nitrogen and oxygen atoms in total. The summed E-state index contributed by atoms with van der Waals surface area (Å²) in [6.07, 6.45) is 3.73. The number of aromatic nitrogens is 2. The Morgan fingerprint density at radius 2 is 1.32 bits per heavy atom. The molecule has 1 aliphatic rings. The van der Waals surface area contributed by atoms with Crippen LogP contribution in [0.5, 0.6) is 0 Å². The first kappa shape index (κ1) is 31.3. The van der Waals surface area contributed by atoms with Crippen molar-refractivity contribution in [3.8, 4) is 44.8 Å². The maximum absolute atomic E-state index is 4.70. The molecule has 0 aliphatic heterocycles. The quantitative estimate of drug-likeness (QED) is 0.169. The van der Waals surface area contributed by atoms with Gasteiger partial charge in [0.2, 0.25) is 0 Å². The van der Waals surface area contributed by atoms with Crippen LogP contribution in [0.25, 0.3) is 44.8 Å². The van der Waals surface area contributed by atoms with E-state index in [1.54, 1.807) is 6.20 Å². The van der Waals surface area contributed by atoms with Gasteiger partial charge in [0, 0.05) is 32.5 Å². The molecule has 1 radical (unpaired) electrons. The maximum atomic E-state index is 4.70. The summed E-state index contributed by atoms with van der Waals surface area (Å²) in [4.78, 5) is 9.05. The van der Waals surface area contributed by atoms with Crippen LogP contribution >= 0.6 is 0 Å². The predicted molar refractivity (Wildman–Crippen MR) is 179 cm³/mol. The van der Waals surface area contributed by atoms with Crippen molar-refractivity contribution in [1.82, 2.24) is 9.97 Å². The summed E-state index contributed by atoms with van der Waals surface area (Å²) < 4.78 is 0. The number of fused-ring (bicyclic) bond motifs is 3. The average molecular weight is 749 g/mol. The van der Waals surface area contributed by atoms with Crippen molar-refractivity contribution in [2.24, 2.45) is 0 Å². The first-order chi connectivity index (χ1) is 20.7. The molecule has 44 heavy (non-hydrogen) atoms. The Bertz CT molecular complexity index is 1810. The van der Waals surface area contributed by atoms with Gasteiger partial charge in [-0.15, -0.1) is 64.7 Å². The molecule has 0 saturated carbocycles. The van der Waals surface area contributed by atoms with Gasteiger partial charge in [0.25, 0.3) is 0 Å². The van der Waals surface area contributed by atoms with Crippen LogP contribution < -0.4 is 0 Å². The molecule has 6 aromatic rings. The zero-order chi connectivity index (χ0) is 30.0. The molecular weight excluding hydrogens is 713 g/mol. The molecule has 2 heterocycles. The van der Waals surface area contributed by atoms with Crippen LogP contribution in [0.1, 0.15) is 51.3 Å². The molecule has 0 amide bonds. The molecular formula is C41H36IrN2-2. The normalized spacial score (nSPS) is 12.7. The minimum Gasteiger partial charge on any atom is -0.305 e. The number of hydrogen-bond donors (Lipinski definition) is 0. The molecule has 0 N–H and O–H groups in total. The second kappa shape index (κ2) is 12.8. The van der Waals surface area contributed by atoms with Gasteiger partial charge < -0.3 is 9.97 Å². The molecule has 4 aromatic carbocycles. The maximum Gasteiger partial charge on any atom is 0.0163 e. The molecule has 0 unspecified atom stereocenters. The standard InChI is InChI=1S/C24H24N.C17H12N.Ir/c1-23(2,3)16-13-14-25-21(15-16)19-11-8-10-18-17-9-6-7-12-20(17)24(4,5)22(18)19;1-2-7-14(8-3-1)15-9-6-10-16(13-15)17-11-4-5-12-18-17;/h6-10,12-15H,1-5H3;1-9,11-13H;/q2*-1;. The Morgan fingerprint density at radius 1 is 0.614 bits per heavy atom. The minimum atomic E-state index is -0.0432. The van der Waals surface area contributed by atoms with E-state index in [1.165, 1.54) is 38.9 Å². The van der Waals surface area contributed by atoms with E-state index in [9.17, 15) is 0 Å². The Balaban J connectivity index is 0.000000179. The summed E-state index contributed by atoms with van der Waals surface area (Å²) >= 11 is 0.